The molecule has 1 nitrogen and oxygen atoms in total. The lowest BCUT2D eigenvalue weighted by Gasteiger charge is -2.33. The first-order valence-electron chi connectivity index (χ1n) is 6.68. The first-order chi connectivity index (χ1) is 7.90. The van der Waals surface area contributed by atoms with Crippen molar-refractivity contribution < 1.29 is 0 Å². The molecule has 2 rings (SSSR count). The summed E-state index contributed by atoms with van der Waals surface area (Å²) in [7, 11) is 0. The minimum atomic E-state index is 0. The third-order valence-electron chi connectivity index (χ3n) is 3.73. The van der Waals surface area contributed by atoms with Crippen LogP contribution >= 0.6 is 12.4 Å². The van der Waals surface area contributed by atoms with Crippen LogP contribution < -0.4 is 0 Å². The van der Waals surface area contributed by atoms with Gasteiger partial charge in [0.15, 0.2) is 0 Å². The summed E-state index contributed by atoms with van der Waals surface area (Å²) in [5.41, 5.74) is 1.45. The van der Waals surface area contributed by atoms with Crippen LogP contribution in [0.1, 0.15) is 44.6 Å². The third-order valence-corrected chi connectivity index (χ3v) is 3.73. The zero-order valence-electron chi connectivity index (χ0n) is 10.8. The largest absolute Gasteiger partial charge is 0.296 e. The maximum atomic E-state index is 2.65. The zero-order chi connectivity index (χ0) is 11.2. The van der Waals surface area contributed by atoms with E-state index < -0.39 is 0 Å². The first-order valence-corrected chi connectivity index (χ1v) is 6.68. The minimum absolute atomic E-state index is 0. The fraction of sp³-hybridized carbons (Fsp3) is 0.600. The van der Waals surface area contributed by atoms with E-state index in [1.165, 1.54) is 44.2 Å². The van der Waals surface area contributed by atoms with Crippen molar-refractivity contribution in [1.29, 1.82) is 0 Å². The second-order valence-corrected chi connectivity index (χ2v) is 4.84. The van der Waals surface area contributed by atoms with Gasteiger partial charge >= 0.3 is 0 Å². The van der Waals surface area contributed by atoms with Crippen LogP contribution in [0.5, 0.6) is 0 Å². The Morgan fingerprint density at radius 2 is 1.71 bits per heavy atom. The number of hydrogen-bond acceptors (Lipinski definition) is 1. The predicted molar refractivity (Wildman–Crippen MR) is 76.6 cm³/mol. The third kappa shape index (κ3) is 4.33. The van der Waals surface area contributed by atoms with Gasteiger partial charge < -0.3 is 0 Å². The van der Waals surface area contributed by atoms with Crippen molar-refractivity contribution in [3.05, 3.63) is 35.9 Å². The second-order valence-electron chi connectivity index (χ2n) is 4.84. The number of benzene rings is 1. The van der Waals surface area contributed by atoms with Crippen LogP contribution in [0.25, 0.3) is 0 Å². The highest BCUT2D eigenvalue weighted by Crippen LogP contribution is 2.23. The van der Waals surface area contributed by atoms with E-state index in [1.807, 2.05) is 0 Å². The fourth-order valence-corrected chi connectivity index (χ4v) is 2.76. The standard InChI is InChI=1S/C15H23N.ClH/c1-2-16(15-11-7-4-8-12-15)13-14-9-5-3-6-10-14;/h3,5-6,9-10,15H,2,4,7-8,11-13H2,1H3;1H. The van der Waals surface area contributed by atoms with Crippen LogP contribution in [0.4, 0.5) is 0 Å². The zero-order valence-corrected chi connectivity index (χ0v) is 11.6. The van der Waals surface area contributed by atoms with E-state index in [0.717, 1.165) is 12.6 Å². The number of halogens is 1. The molecule has 0 radical (unpaired) electrons. The molecule has 1 aromatic rings. The van der Waals surface area contributed by atoms with E-state index in [1.54, 1.807) is 0 Å². The normalized spacial score (nSPS) is 16.8. The monoisotopic (exact) mass is 253 g/mol. The molecule has 0 aliphatic heterocycles. The van der Waals surface area contributed by atoms with Crippen LogP contribution in [-0.4, -0.2) is 17.5 Å². The van der Waals surface area contributed by atoms with Crippen molar-refractivity contribution in [3.8, 4) is 0 Å². The average molecular weight is 254 g/mol. The van der Waals surface area contributed by atoms with Gasteiger partial charge in [0.25, 0.3) is 0 Å². The lowest BCUT2D eigenvalue weighted by atomic mass is 9.94. The summed E-state index contributed by atoms with van der Waals surface area (Å²) in [6, 6.07) is 11.7. The van der Waals surface area contributed by atoms with Gasteiger partial charge in [0.1, 0.15) is 0 Å². The molecule has 0 heterocycles. The van der Waals surface area contributed by atoms with Gasteiger partial charge in [0, 0.05) is 12.6 Å². The van der Waals surface area contributed by atoms with Crippen LogP contribution in [-0.2, 0) is 6.54 Å². The van der Waals surface area contributed by atoms with Crippen molar-refractivity contribution >= 4 is 12.4 Å². The quantitative estimate of drug-likeness (QED) is 0.775. The van der Waals surface area contributed by atoms with Gasteiger partial charge in [-0.2, -0.15) is 0 Å². The van der Waals surface area contributed by atoms with Gasteiger partial charge in [0.2, 0.25) is 0 Å². The van der Waals surface area contributed by atoms with Crippen molar-refractivity contribution in [2.75, 3.05) is 6.54 Å². The highest BCUT2D eigenvalue weighted by molar-refractivity contribution is 5.85. The highest BCUT2D eigenvalue weighted by Gasteiger charge is 2.19. The molecule has 96 valence electrons. The number of nitrogens with zero attached hydrogens (tertiary/aromatic N) is 1. The van der Waals surface area contributed by atoms with Crippen molar-refractivity contribution in [2.45, 2.75) is 51.6 Å². The SMILES string of the molecule is CCN(Cc1ccccc1)C1CCCCC1.Cl. The highest BCUT2D eigenvalue weighted by atomic mass is 35.5. The molecule has 1 aliphatic carbocycles. The summed E-state index contributed by atoms with van der Waals surface area (Å²) in [5.74, 6) is 0. The van der Waals surface area contributed by atoms with Crippen LogP contribution in [0.3, 0.4) is 0 Å². The molecule has 1 aromatic carbocycles. The van der Waals surface area contributed by atoms with Gasteiger partial charge in [-0.25, -0.2) is 0 Å². The Morgan fingerprint density at radius 1 is 1.06 bits per heavy atom. The van der Waals surface area contributed by atoms with Crippen molar-refractivity contribution in [1.82, 2.24) is 4.90 Å². The van der Waals surface area contributed by atoms with Gasteiger partial charge in [0.05, 0.1) is 0 Å². The Hall–Kier alpha value is -0.530. The number of hydrogen-bond donors (Lipinski definition) is 0. The topological polar surface area (TPSA) is 3.24 Å². The summed E-state index contributed by atoms with van der Waals surface area (Å²) < 4.78 is 0. The van der Waals surface area contributed by atoms with Gasteiger partial charge in [-0.05, 0) is 24.9 Å². The van der Waals surface area contributed by atoms with E-state index in [9.17, 15) is 0 Å². The van der Waals surface area contributed by atoms with Gasteiger partial charge in [-0.15, -0.1) is 12.4 Å². The molecule has 17 heavy (non-hydrogen) atoms. The van der Waals surface area contributed by atoms with Crippen LogP contribution in [0.2, 0.25) is 0 Å². The predicted octanol–water partition coefficient (Wildman–Crippen LogP) is 4.26. The van der Waals surface area contributed by atoms with E-state index in [-0.39, 0.29) is 12.4 Å². The Morgan fingerprint density at radius 3 is 2.29 bits per heavy atom. The lowest BCUT2D eigenvalue weighted by Crippen LogP contribution is -2.36. The maximum absolute atomic E-state index is 2.65. The Kier molecular flexibility index (Phi) is 6.61. The smallest absolute Gasteiger partial charge is 0.0236 e. The summed E-state index contributed by atoms with van der Waals surface area (Å²) in [6.45, 7) is 4.60. The Balaban J connectivity index is 0.00000144. The molecule has 0 atom stereocenters. The number of rotatable bonds is 4. The second kappa shape index (κ2) is 7.73. The maximum Gasteiger partial charge on any atom is 0.0236 e. The molecule has 1 aliphatic rings. The summed E-state index contributed by atoms with van der Waals surface area (Å²) in [4.78, 5) is 2.65. The fourth-order valence-electron chi connectivity index (χ4n) is 2.76. The molecule has 2 heteroatoms. The van der Waals surface area contributed by atoms with E-state index in [2.05, 4.69) is 42.2 Å². The lowest BCUT2D eigenvalue weighted by molar-refractivity contribution is 0.156. The molecule has 0 amide bonds. The summed E-state index contributed by atoms with van der Waals surface area (Å²) in [6.07, 6.45) is 7.10. The molecule has 0 unspecified atom stereocenters. The average Bonchev–Trinajstić information content (AvgIpc) is 2.38. The minimum Gasteiger partial charge on any atom is -0.296 e. The van der Waals surface area contributed by atoms with Gasteiger partial charge in [-0.1, -0.05) is 56.5 Å². The van der Waals surface area contributed by atoms with E-state index in [0.29, 0.717) is 0 Å². The summed E-state index contributed by atoms with van der Waals surface area (Å²) in [5, 5.41) is 0. The molecule has 0 spiro atoms. The van der Waals surface area contributed by atoms with Crippen LogP contribution in [0, 0.1) is 0 Å². The first kappa shape index (κ1) is 14.5. The molecule has 0 aromatic heterocycles. The van der Waals surface area contributed by atoms with Crippen molar-refractivity contribution in [2.24, 2.45) is 0 Å². The Bertz CT molecular complexity index is 293. The molecule has 1 fully saturated rings. The van der Waals surface area contributed by atoms with Gasteiger partial charge in [-0.3, -0.25) is 4.90 Å². The van der Waals surface area contributed by atoms with Crippen LogP contribution in [0.15, 0.2) is 30.3 Å². The van der Waals surface area contributed by atoms with E-state index in [4.69, 9.17) is 0 Å². The molecule has 0 saturated heterocycles. The molecule has 0 N–H and O–H groups in total. The molecular formula is C15H24ClN. The van der Waals surface area contributed by atoms with E-state index >= 15 is 0 Å². The molecule has 1 saturated carbocycles. The molecule has 0 bridgehead atoms. The summed E-state index contributed by atoms with van der Waals surface area (Å²) >= 11 is 0. The molecular weight excluding hydrogens is 230 g/mol. The van der Waals surface area contributed by atoms with Crippen molar-refractivity contribution in [3.63, 3.8) is 0 Å². The Labute approximate surface area is 112 Å².